The molecule has 2 amide bonds. The van der Waals surface area contributed by atoms with Gasteiger partial charge in [-0.2, -0.15) is 0 Å². The normalized spacial score (nSPS) is 14.1. The predicted molar refractivity (Wildman–Crippen MR) is 178 cm³/mol. The van der Waals surface area contributed by atoms with Crippen molar-refractivity contribution in [1.29, 1.82) is 0 Å². The number of halogens is 1. The van der Waals surface area contributed by atoms with Crippen molar-refractivity contribution in [1.82, 2.24) is 10.2 Å². The number of sulfonamides is 1. The van der Waals surface area contributed by atoms with Crippen molar-refractivity contribution < 1.29 is 18.0 Å². The van der Waals surface area contributed by atoms with Crippen LogP contribution in [-0.2, 0) is 32.6 Å². The molecule has 45 heavy (non-hydrogen) atoms. The van der Waals surface area contributed by atoms with Gasteiger partial charge in [0.2, 0.25) is 11.8 Å². The van der Waals surface area contributed by atoms with Gasteiger partial charge in [-0.1, -0.05) is 109 Å². The molecule has 4 aromatic carbocycles. The molecule has 7 nitrogen and oxygen atoms in total. The second-order valence-corrected chi connectivity index (χ2v) is 13.7. The molecule has 1 atom stereocenters. The third-order valence-corrected chi connectivity index (χ3v) is 10.4. The van der Waals surface area contributed by atoms with E-state index in [1.54, 1.807) is 66.7 Å². The first-order chi connectivity index (χ1) is 21.7. The van der Waals surface area contributed by atoms with E-state index in [9.17, 15) is 18.0 Å². The Bertz CT molecular complexity index is 1690. The quantitative estimate of drug-likeness (QED) is 0.190. The lowest BCUT2D eigenvalue weighted by molar-refractivity contribution is -0.140. The molecule has 0 spiro atoms. The number of anilines is 1. The summed E-state index contributed by atoms with van der Waals surface area (Å²) in [4.78, 5) is 30.2. The van der Waals surface area contributed by atoms with E-state index in [1.807, 2.05) is 49.4 Å². The first-order valence-electron chi connectivity index (χ1n) is 15.2. The van der Waals surface area contributed by atoms with Crippen LogP contribution in [0.3, 0.4) is 0 Å². The fourth-order valence-electron chi connectivity index (χ4n) is 5.69. The second-order valence-electron chi connectivity index (χ2n) is 11.5. The largest absolute Gasteiger partial charge is 0.352 e. The van der Waals surface area contributed by atoms with Gasteiger partial charge in [0.1, 0.15) is 12.6 Å². The van der Waals surface area contributed by atoms with Crippen molar-refractivity contribution in [2.24, 2.45) is 0 Å². The monoisotopic (exact) mass is 643 g/mol. The highest BCUT2D eigenvalue weighted by Gasteiger charge is 2.35. The Morgan fingerprint density at radius 3 is 2.09 bits per heavy atom. The number of carbonyl (C=O) groups is 2. The molecular weight excluding hydrogens is 606 g/mol. The van der Waals surface area contributed by atoms with Gasteiger partial charge in [-0.15, -0.1) is 0 Å². The lowest BCUT2D eigenvalue weighted by atomic mass is 10.0. The number of benzene rings is 4. The van der Waals surface area contributed by atoms with Crippen LogP contribution < -0.4 is 9.62 Å². The van der Waals surface area contributed by atoms with Crippen molar-refractivity contribution in [3.8, 4) is 0 Å². The van der Waals surface area contributed by atoms with Gasteiger partial charge in [0.25, 0.3) is 10.0 Å². The second kappa shape index (κ2) is 14.8. The van der Waals surface area contributed by atoms with E-state index in [0.29, 0.717) is 16.3 Å². The highest BCUT2D eigenvalue weighted by atomic mass is 35.5. The number of hydrogen-bond acceptors (Lipinski definition) is 4. The van der Waals surface area contributed by atoms with Crippen molar-refractivity contribution in [3.63, 3.8) is 0 Å². The first kappa shape index (κ1) is 32.3. The Morgan fingerprint density at radius 2 is 1.44 bits per heavy atom. The Morgan fingerprint density at radius 1 is 0.844 bits per heavy atom. The molecular formula is C36H38ClN3O4S. The molecule has 5 rings (SSSR count). The van der Waals surface area contributed by atoms with E-state index in [1.165, 1.54) is 4.90 Å². The summed E-state index contributed by atoms with van der Waals surface area (Å²) in [5.41, 5.74) is 2.80. The average molecular weight is 644 g/mol. The number of nitrogens with one attached hydrogen (secondary N) is 1. The SMILES string of the molecule is Cc1ccc(S(=O)(=O)N(CC(=O)N(Cc2ccccc2Cl)C(Cc2ccccc2)C(=O)NC2CCCC2)c2ccccc2)cc1. The molecule has 0 aromatic heterocycles. The minimum Gasteiger partial charge on any atom is -0.352 e. The average Bonchev–Trinajstić information content (AvgIpc) is 3.56. The van der Waals surface area contributed by atoms with E-state index in [4.69, 9.17) is 11.6 Å². The van der Waals surface area contributed by atoms with Gasteiger partial charge in [-0.05, 0) is 61.2 Å². The van der Waals surface area contributed by atoms with E-state index < -0.39 is 28.5 Å². The summed E-state index contributed by atoms with van der Waals surface area (Å²) in [7, 11) is -4.14. The molecule has 0 radical (unpaired) electrons. The lowest BCUT2D eigenvalue weighted by Gasteiger charge is -2.34. The van der Waals surface area contributed by atoms with Gasteiger partial charge >= 0.3 is 0 Å². The zero-order valence-electron chi connectivity index (χ0n) is 25.3. The first-order valence-corrected chi connectivity index (χ1v) is 17.1. The molecule has 1 unspecified atom stereocenters. The van der Waals surface area contributed by atoms with Gasteiger partial charge in [-0.3, -0.25) is 13.9 Å². The summed E-state index contributed by atoms with van der Waals surface area (Å²) in [6.07, 6.45) is 4.11. The molecule has 1 aliphatic carbocycles. The van der Waals surface area contributed by atoms with Crippen LogP contribution in [0.1, 0.15) is 42.4 Å². The van der Waals surface area contributed by atoms with E-state index in [2.05, 4.69) is 5.32 Å². The molecule has 4 aromatic rings. The van der Waals surface area contributed by atoms with E-state index in [0.717, 1.165) is 41.1 Å². The summed E-state index contributed by atoms with van der Waals surface area (Å²) >= 11 is 6.58. The minimum atomic E-state index is -4.14. The Kier molecular flexibility index (Phi) is 10.6. The van der Waals surface area contributed by atoms with Crippen molar-refractivity contribution in [2.75, 3.05) is 10.8 Å². The summed E-state index contributed by atoms with van der Waals surface area (Å²) in [5, 5.41) is 3.64. The van der Waals surface area contributed by atoms with Gasteiger partial charge < -0.3 is 10.2 Å². The number of carbonyl (C=O) groups excluding carboxylic acids is 2. The van der Waals surface area contributed by atoms with Crippen LogP contribution in [-0.4, -0.2) is 43.8 Å². The Labute approximate surface area is 270 Å². The van der Waals surface area contributed by atoms with Crippen LogP contribution in [0.5, 0.6) is 0 Å². The molecule has 0 heterocycles. The molecule has 1 N–H and O–H groups in total. The van der Waals surface area contributed by atoms with Gasteiger partial charge in [0, 0.05) is 24.0 Å². The fourth-order valence-corrected chi connectivity index (χ4v) is 7.30. The van der Waals surface area contributed by atoms with Crippen molar-refractivity contribution in [2.45, 2.75) is 62.6 Å². The third kappa shape index (κ3) is 8.12. The maximum atomic E-state index is 14.5. The Balaban J connectivity index is 1.56. The zero-order chi connectivity index (χ0) is 31.8. The van der Waals surface area contributed by atoms with Crippen molar-refractivity contribution in [3.05, 3.63) is 131 Å². The fraction of sp³-hybridized carbons (Fsp3) is 0.278. The van der Waals surface area contributed by atoms with Gasteiger partial charge in [0.15, 0.2) is 0 Å². The van der Waals surface area contributed by atoms with Crippen LogP contribution in [0, 0.1) is 6.92 Å². The maximum absolute atomic E-state index is 14.5. The molecule has 234 valence electrons. The standard InChI is InChI=1S/C36H38ClN3O4S/c1-27-20-22-32(23-21-27)45(43,44)40(31-17-6-3-7-18-31)26-35(41)39(25-29-14-8-11-19-33(29)37)34(24-28-12-4-2-5-13-28)36(42)38-30-15-9-10-16-30/h2-8,11-14,17-23,30,34H,9-10,15-16,24-26H2,1H3,(H,38,42). The molecule has 0 saturated heterocycles. The molecule has 1 aliphatic rings. The number of amides is 2. The number of nitrogens with zero attached hydrogens (tertiary/aromatic N) is 2. The minimum absolute atomic E-state index is 0.0291. The smallest absolute Gasteiger partial charge is 0.264 e. The van der Waals surface area contributed by atoms with Gasteiger partial charge in [-0.25, -0.2) is 8.42 Å². The molecule has 0 bridgehead atoms. The number of aryl methyl sites for hydroxylation is 1. The van der Waals surface area contributed by atoms with E-state index >= 15 is 0 Å². The number of rotatable bonds is 12. The van der Waals surface area contributed by atoms with Crippen LogP contribution in [0.2, 0.25) is 5.02 Å². The summed E-state index contributed by atoms with van der Waals surface area (Å²) in [6.45, 7) is 1.40. The highest BCUT2D eigenvalue weighted by molar-refractivity contribution is 7.92. The highest BCUT2D eigenvalue weighted by Crippen LogP contribution is 2.26. The molecule has 1 saturated carbocycles. The van der Waals surface area contributed by atoms with Crippen LogP contribution in [0.15, 0.2) is 114 Å². The predicted octanol–water partition coefficient (Wildman–Crippen LogP) is 6.54. The summed E-state index contributed by atoms with van der Waals surface area (Å²) in [6, 6.07) is 30.9. The molecule has 9 heteroatoms. The summed E-state index contributed by atoms with van der Waals surface area (Å²) in [5.74, 6) is -0.782. The van der Waals surface area contributed by atoms with Crippen molar-refractivity contribution >= 4 is 39.1 Å². The van der Waals surface area contributed by atoms with Gasteiger partial charge in [0.05, 0.1) is 10.6 Å². The number of hydrogen-bond donors (Lipinski definition) is 1. The topological polar surface area (TPSA) is 86.8 Å². The molecule has 0 aliphatic heterocycles. The lowest BCUT2D eigenvalue weighted by Crippen LogP contribution is -2.54. The zero-order valence-corrected chi connectivity index (χ0v) is 26.9. The van der Waals surface area contributed by atoms with Crippen LogP contribution in [0.25, 0.3) is 0 Å². The molecule has 1 fully saturated rings. The third-order valence-electron chi connectivity index (χ3n) is 8.20. The Hall–Kier alpha value is -4.14. The maximum Gasteiger partial charge on any atom is 0.264 e. The van der Waals surface area contributed by atoms with Crippen LogP contribution in [0.4, 0.5) is 5.69 Å². The van der Waals surface area contributed by atoms with Crippen LogP contribution >= 0.6 is 11.6 Å². The van der Waals surface area contributed by atoms with E-state index in [-0.39, 0.29) is 29.8 Å². The number of para-hydroxylation sites is 1. The summed E-state index contributed by atoms with van der Waals surface area (Å²) < 4.78 is 29.3.